The third-order valence-corrected chi connectivity index (χ3v) is 1.17. The molecule has 5 heteroatoms. The number of alkyl carbamates (subject to hydrolysis) is 1. The second kappa shape index (κ2) is 15.4. The molecule has 0 saturated carbocycles. The Morgan fingerprint density at radius 2 is 1.56 bits per heavy atom. The molecule has 0 atom stereocenters. The van der Waals surface area contributed by atoms with Crippen molar-refractivity contribution in [2.45, 2.75) is 6.92 Å². The first-order valence-electron chi connectivity index (χ1n) is 4.62. The fraction of sp³-hybridized carbons (Fsp3) is 0.273. The highest BCUT2D eigenvalue weighted by Crippen LogP contribution is 1.79. The smallest absolute Gasteiger partial charge is 0.406 e. The Morgan fingerprint density at radius 3 is 1.69 bits per heavy atom. The lowest BCUT2D eigenvalue weighted by atomic mass is 10.4. The Labute approximate surface area is 95.0 Å². The molecule has 0 bridgehead atoms. The SMILES string of the molecule is CCNC(=O)OC.O=CO.c1ccccc1. The van der Waals surface area contributed by atoms with E-state index < -0.39 is 0 Å². The molecular formula is C11H17NO4. The first-order chi connectivity index (χ1) is 7.72. The van der Waals surface area contributed by atoms with Gasteiger partial charge < -0.3 is 15.2 Å². The van der Waals surface area contributed by atoms with Crippen molar-refractivity contribution in [3.63, 3.8) is 0 Å². The number of methoxy groups -OCH3 is 1. The molecule has 0 saturated heterocycles. The van der Waals surface area contributed by atoms with Gasteiger partial charge in [-0.2, -0.15) is 0 Å². The molecule has 0 aliphatic rings. The van der Waals surface area contributed by atoms with Gasteiger partial charge in [0.05, 0.1) is 7.11 Å². The Balaban J connectivity index is 0. The largest absolute Gasteiger partial charge is 0.483 e. The van der Waals surface area contributed by atoms with Crippen LogP contribution in [0.1, 0.15) is 6.92 Å². The predicted molar refractivity (Wildman–Crippen MR) is 61.2 cm³/mol. The summed E-state index contributed by atoms with van der Waals surface area (Å²) in [7, 11) is 1.34. The van der Waals surface area contributed by atoms with E-state index in [0.717, 1.165) is 0 Å². The lowest BCUT2D eigenvalue weighted by molar-refractivity contribution is -0.122. The summed E-state index contributed by atoms with van der Waals surface area (Å²) < 4.78 is 4.24. The van der Waals surface area contributed by atoms with Crippen molar-refractivity contribution in [1.29, 1.82) is 0 Å². The first kappa shape index (κ1) is 16.4. The van der Waals surface area contributed by atoms with Crippen LogP contribution < -0.4 is 5.32 Å². The summed E-state index contributed by atoms with van der Waals surface area (Å²) in [6.45, 7) is 2.20. The number of benzene rings is 1. The average Bonchev–Trinajstić information content (AvgIpc) is 2.33. The fourth-order valence-electron chi connectivity index (χ4n) is 0.601. The van der Waals surface area contributed by atoms with E-state index in [1.807, 2.05) is 43.3 Å². The molecule has 2 N–H and O–H groups in total. The zero-order valence-corrected chi connectivity index (χ0v) is 9.42. The number of rotatable bonds is 1. The Hall–Kier alpha value is -2.04. The normalized spacial score (nSPS) is 7.12. The topological polar surface area (TPSA) is 75.6 Å². The molecule has 16 heavy (non-hydrogen) atoms. The second-order valence-electron chi connectivity index (χ2n) is 2.28. The van der Waals surface area contributed by atoms with E-state index in [1.54, 1.807) is 0 Å². The van der Waals surface area contributed by atoms with Gasteiger partial charge in [-0.3, -0.25) is 4.79 Å². The number of hydrogen-bond donors (Lipinski definition) is 2. The molecule has 0 fully saturated rings. The number of carbonyl (C=O) groups is 2. The highest BCUT2D eigenvalue weighted by Gasteiger charge is 1.89. The summed E-state index contributed by atoms with van der Waals surface area (Å²) in [6, 6.07) is 12.0. The average molecular weight is 227 g/mol. The lowest BCUT2D eigenvalue weighted by Crippen LogP contribution is -2.21. The number of ether oxygens (including phenoxy) is 1. The molecule has 1 aromatic carbocycles. The van der Waals surface area contributed by atoms with Crippen LogP contribution >= 0.6 is 0 Å². The van der Waals surface area contributed by atoms with Crippen molar-refractivity contribution >= 4 is 12.6 Å². The molecule has 0 unspecified atom stereocenters. The standard InChI is InChI=1S/C6H6.C4H9NO2.CH2O2/c1-2-4-6-5-3-1;1-3-5-4(6)7-2;2-1-3/h1-6H;3H2,1-2H3,(H,5,6);1H,(H,2,3). The quantitative estimate of drug-likeness (QED) is 0.717. The van der Waals surface area contributed by atoms with E-state index >= 15 is 0 Å². The van der Waals surface area contributed by atoms with Crippen LogP contribution in [0.15, 0.2) is 36.4 Å². The van der Waals surface area contributed by atoms with Gasteiger partial charge in [-0.25, -0.2) is 4.79 Å². The van der Waals surface area contributed by atoms with Crippen LogP contribution in [-0.2, 0) is 9.53 Å². The summed E-state index contributed by atoms with van der Waals surface area (Å²) in [5.41, 5.74) is 0. The van der Waals surface area contributed by atoms with Gasteiger partial charge in [-0.1, -0.05) is 36.4 Å². The molecule has 0 heterocycles. The van der Waals surface area contributed by atoms with Crippen LogP contribution in [0.2, 0.25) is 0 Å². The van der Waals surface area contributed by atoms with Crippen molar-refractivity contribution in [2.75, 3.05) is 13.7 Å². The Morgan fingerprint density at radius 1 is 1.25 bits per heavy atom. The van der Waals surface area contributed by atoms with Crippen LogP contribution in [0, 0.1) is 0 Å². The first-order valence-corrected chi connectivity index (χ1v) is 4.62. The summed E-state index contributed by atoms with van der Waals surface area (Å²) in [5, 5.41) is 9.32. The van der Waals surface area contributed by atoms with E-state index in [1.165, 1.54) is 7.11 Å². The van der Waals surface area contributed by atoms with Crippen LogP contribution in [0.4, 0.5) is 4.79 Å². The highest BCUT2D eigenvalue weighted by molar-refractivity contribution is 5.66. The maximum atomic E-state index is 10.1. The molecule has 1 rings (SSSR count). The monoisotopic (exact) mass is 227 g/mol. The van der Waals surface area contributed by atoms with Crippen LogP contribution in [0.25, 0.3) is 0 Å². The molecule has 1 amide bonds. The van der Waals surface area contributed by atoms with Gasteiger partial charge in [0, 0.05) is 6.54 Å². The Bertz CT molecular complexity index is 225. The predicted octanol–water partition coefficient (Wildman–Crippen LogP) is 1.75. The molecule has 5 nitrogen and oxygen atoms in total. The molecule has 90 valence electrons. The van der Waals surface area contributed by atoms with E-state index in [2.05, 4.69) is 10.1 Å². The zero-order valence-electron chi connectivity index (χ0n) is 9.42. The van der Waals surface area contributed by atoms with Crippen molar-refractivity contribution in [2.24, 2.45) is 0 Å². The van der Waals surface area contributed by atoms with Gasteiger partial charge in [0.2, 0.25) is 0 Å². The molecule has 0 aromatic heterocycles. The molecule has 0 radical (unpaired) electrons. The molecule has 0 aliphatic carbocycles. The minimum absolute atomic E-state index is 0.250. The maximum Gasteiger partial charge on any atom is 0.406 e. The molecule has 0 spiro atoms. The van der Waals surface area contributed by atoms with Gasteiger partial charge in [0.15, 0.2) is 0 Å². The third kappa shape index (κ3) is 17.9. The lowest BCUT2D eigenvalue weighted by Gasteiger charge is -1.95. The van der Waals surface area contributed by atoms with Gasteiger partial charge in [-0.05, 0) is 6.92 Å². The number of nitrogens with one attached hydrogen (secondary N) is 1. The van der Waals surface area contributed by atoms with E-state index in [9.17, 15) is 4.79 Å². The van der Waals surface area contributed by atoms with Crippen molar-refractivity contribution in [3.8, 4) is 0 Å². The zero-order chi connectivity index (χ0) is 12.6. The summed E-state index contributed by atoms with van der Waals surface area (Å²) in [5.74, 6) is 0. The van der Waals surface area contributed by atoms with E-state index in [-0.39, 0.29) is 12.6 Å². The summed E-state index contributed by atoms with van der Waals surface area (Å²) in [6.07, 6.45) is -0.373. The van der Waals surface area contributed by atoms with Gasteiger partial charge in [-0.15, -0.1) is 0 Å². The number of carbonyl (C=O) groups excluding carboxylic acids is 1. The minimum atomic E-state index is -0.373. The minimum Gasteiger partial charge on any atom is -0.483 e. The van der Waals surface area contributed by atoms with Gasteiger partial charge in [0.25, 0.3) is 6.47 Å². The molecule has 1 aromatic rings. The van der Waals surface area contributed by atoms with Crippen LogP contribution in [0.5, 0.6) is 0 Å². The van der Waals surface area contributed by atoms with Gasteiger partial charge in [0.1, 0.15) is 0 Å². The van der Waals surface area contributed by atoms with Crippen LogP contribution in [0.3, 0.4) is 0 Å². The number of carboxylic acid groups (broad SMARTS) is 1. The maximum absolute atomic E-state index is 10.1. The molecular weight excluding hydrogens is 210 g/mol. The summed E-state index contributed by atoms with van der Waals surface area (Å²) >= 11 is 0. The van der Waals surface area contributed by atoms with Crippen molar-refractivity contribution in [3.05, 3.63) is 36.4 Å². The van der Waals surface area contributed by atoms with E-state index in [0.29, 0.717) is 6.54 Å². The third-order valence-electron chi connectivity index (χ3n) is 1.17. The Kier molecular flexibility index (Phi) is 15.8. The number of hydrogen-bond acceptors (Lipinski definition) is 3. The molecule has 0 aliphatic heterocycles. The fourth-order valence-corrected chi connectivity index (χ4v) is 0.601. The van der Waals surface area contributed by atoms with Crippen molar-refractivity contribution < 1.29 is 19.4 Å². The van der Waals surface area contributed by atoms with E-state index in [4.69, 9.17) is 9.90 Å². The van der Waals surface area contributed by atoms with Crippen LogP contribution in [-0.4, -0.2) is 31.3 Å². The highest BCUT2D eigenvalue weighted by atomic mass is 16.5. The van der Waals surface area contributed by atoms with Gasteiger partial charge >= 0.3 is 6.09 Å². The number of amides is 1. The second-order valence-corrected chi connectivity index (χ2v) is 2.28. The summed E-state index contributed by atoms with van der Waals surface area (Å²) in [4.78, 5) is 18.4. The van der Waals surface area contributed by atoms with Crippen molar-refractivity contribution in [1.82, 2.24) is 5.32 Å².